The fraction of sp³-hybridized carbons (Fsp3) is 0.167. The number of hydrogen-bond donors (Lipinski definition) is 2. The first kappa shape index (κ1) is 17.0. The Morgan fingerprint density at radius 3 is 2.58 bits per heavy atom. The summed E-state index contributed by atoms with van der Waals surface area (Å²) in [6.45, 7) is 0.236. The highest BCUT2D eigenvalue weighted by Crippen LogP contribution is 2.18. The van der Waals surface area contributed by atoms with Crippen LogP contribution in [-0.4, -0.2) is 18.9 Å². The molecule has 0 saturated heterocycles. The van der Waals surface area contributed by atoms with E-state index < -0.39 is 0 Å². The van der Waals surface area contributed by atoms with Gasteiger partial charge in [-0.3, -0.25) is 9.59 Å². The number of benzene rings is 2. The molecular formula is C18H17N3O3. The summed E-state index contributed by atoms with van der Waals surface area (Å²) in [6, 6.07) is 15.8. The van der Waals surface area contributed by atoms with Crippen LogP contribution in [0.2, 0.25) is 0 Å². The number of hydrogen-bond acceptors (Lipinski definition) is 4. The Morgan fingerprint density at radius 1 is 1.12 bits per heavy atom. The molecular weight excluding hydrogens is 306 g/mol. The number of nitriles is 1. The molecule has 0 bridgehead atoms. The number of para-hydroxylation sites is 2. The van der Waals surface area contributed by atoms with Crippen LogP contribution < -0.4 is 15.4 Å². The summed E-state index contributed by atoms with van der Waals surface area (Å²) < 4.78 is 5.17. The van der Waals surface area contributed by atoms with Crippen molar-refractivity contribution in [3.63, 3.8) is 0 Å². The first-order valence-corrected chi connectivity index (χ1v) is 7.31. The van der Waals surface area contributed by atoms with E-state index in [0.29, 0.717) is 17.0 Å². The Morgan fingerprint density at radius 2 is 1.83 bits per heavy atom. The molecule has 122 valence electrons. The standard InChI is InChI=1S/C18H17N3O3/c1-24-16-9-5-3-7-14(16)18(23)20-12-13-6-2-4-8-15(13)21-17(22)10-11-19/h2-9H,10,12H2,1H3,(H,20,23)(H,21,22). The van der Waals surface area contributed by atoms with Crippen LogP contribution in [0.5, 0.6) is 5.75 Å². The van der Waals surface area contributed by atoms with E-state index in [0.717, 1.165) is 5.56 Å². The van der Waals surface area contributed by atoms with Gasteiger partial charge in [0, 0.05) is 12.2 Å². The van der Waals surface area contributed by atoms with Gasteiger partial charge in [0.1, 0.15) is 12.2 Å². The molecule has 2 N–H and O–H groups in total. The molecule has 0 saturated carbocycles. The summed E-state index contributed by atoms with van der Waals surface area (Å²) in [6.07, 6.45) is -0.220. The Bertz CT molecular complexity index is 781. The lowest BCUT2D eigenvalue weighted by molar-refractivity contribution is -0.115. The van der Waals surface area contributed by atoms with Gasteiger partial charge in [-0.25, -0.2) is 0 Å². The van der Waals surface area contributed by atoms with Gasteiger partial charge in [-0.1, -0.05) is 30.3 Å². The molecule has 2 aromatic rings. The molecule has 0 heterocycles. The molecule has 0 aliphatic rings. The summed E-state index contributed by atoms with van der Waals surface area (Å²) in [5.41, 5.74) is 1.75. The van der Waals surface area contributed by atoms with E-state index in [2.05, 4.69) is 10.6 Å². The van der Waals surface area contributed by atoms with E-state index in [1.165, 1.54) is 7.11 Å². The third-order valence-corrected chi connectivity index (χ3v) is 3.32. The molecule has 6 nitrogen and oxygen atoms in total. The van der Waals surface area contributed by atoms with E-state index in [-0.39, 0.29) is 24.8 Å². The van der Waals surface area contributed by atoms with Crippen LogP contribution in [0.25, 0.3) is 0 Å². The molecule has 0 spiro atoms. The Kier molecular flexibility index (Phi) is 5.92. The van der Waals surface area contributed by atoms with E-state index >= 15 is 0 Å². The molecule has 0 unspecified atom stereocenters. The van der Waals surface area contributed by atoms with Crippen molar-refractivity contribution in [3.8, 4) is 11.8 Å². The minimum atomic E-state index is -0.388. The maximum atomic E-state index is 12.3. The van der Waals surface area contributed by atoms with Gasteiger partial charge in [-0.05, 0) is 23.8 Å². The lowest BCUT2D eigenvalue weighted by Crippen LogP contribution is -2.24. The van der Waals surface area contributed by atoms with Crippen molar-refractivity contribution in [1.82, 2.24) is 5.32 Å². The smallest absolute Gasteiger partial charge is 0.255 e. The SMILES string of the molecule is COc1ccccc1C(=O)NCc1ccccc1NC(=O)CC#N. The second kappa shape index (κ2) is 8.34. The van der Waals surface area contributed by atoms with Crippen LogP contribution in [0.15, 0.2) is 48.5 Å². The van der Waals surface area contributed by atoms with Crippen LogP contribution in [0.3, 0.4) is 0 Å². The number of methoxy groups -OCH3 is 1. The first-order chi connectivity index (χ1) is 11.7. The molecule has 0 aliphatic heterocycles. The third-order valence-electron chi connectivity index (χ3n) is 3.32. The van der Waals surface area contributed by atoms with Crippen molar-refractivity contribution < 1.29 is 14.3 Å². The van der Waals surface area contributed by atoms with Crippen molar-refractivity contribution in [1.29, 1.82) is 5.26 Å². The molecule has 6 heteroatoms. The van der Waals surface area contributed by atoms with Crippen molar-refractivity contribution in [2.45, 2.75) is 13.0 Å². The number of carbonyl (C=O) groups is 2. The van der Waals surface area contributed by atoms with Crippen LogP contribution in [0.1, 0.15) is 22.3 Å². The van der Waals surface area contributed by atoms with Crippen molar-refractivity contribution in [3.05, 3.63) is 59.7 Å². The zero-order chi connectivity index (χ0) is 17.4. The van der Waals surface area contributed by atoms with E-state index in [4.69, 9.17) is 10.00 Å². The topological polar surface area (TPSA) is 91.2 Å². The molecule has 0 aliphatic carbocycles. The highest BCUT2D eigenvalue weighted by atomic mass is 16.5. The van der Waals surface area contributed by atoms with Crippen molar-refractivity contribution in [2.75, 3.05) is 12.4 Å². The van der Waals surface area contributed by atoms with E-state index in [9.17, 15) is 9.59 Å². The van der Waals surface area contributed by atoms with Crippen LogP contribution >= 0.6 is 0 Å². The van der Waals surface area contributed by atoms with Gasteiger partial charge in [0.25, 0.3) is 5.91 Å². The zero-order valence-corrected chi connectivity index (χ0v) is 13.2. The maximum Gasteiger partial charge on any atom is 0.255 e. The number of nitrogens with one attached hydrogen (secondary N) is 2. The van der Waals surface area contributed by atoms with Gasteiger partial charge in [0.15, 0.2) is 0 Å². The molecule has 2 amide bonds. The van der Waals surface area contributed by atoms with Gasteiger partial charge in [-0.2, -0.15) is 5.26 Å². The fourth-order valence-electron chi connectivity index (χ4n) is 2.17. The second-order valence-corrected chi connectivity index (χ2v) is 4.92. The number of rotatable bonds is 6. The molecule has 0 radical (unpaired) electrons. The minimum absolute atomic E-state index is 0.220. The fourth-order valence-corrected chi connectivity index (χ4v) is 2.17. The van der Waals surface area contributed by atoms with Gasteiger partial charge >= 0.3 is 0 Å². The summed E-state index contributed by atoms with van der Waals surface area (Å²) >= 11 is 0. The van der Waals surface area contributed by atoms with Crippen LogP contribution in [-0.2, 0) is 11.3 Å². The van der Waals surface area contributed by atoms with Gasteiger partial charge < -0.3 is 15.4 Å². The normalized spacial score (nSPS) is 9.67. The quantitative estimate of drug-likeness (QED) is 0.854. The molecule has 0 aromatic heterocycles. The van der Waals surface area contributed by atoms with E-state index in [1.807, 2.05) is 6.07 Å². The summed E-state index contributed by atoms with van der Waals surface area (Å²) in [7, 11) is 1.51. The van der Waals surface area contributed by atoms with Gasteiger partial charge in [0.05, 0.1) is 18.7 Å². The highest BCUT2D eigenvalue weighted by Gasteiger charge is 2.12. The molecule has 2 rings (SSSR count). The third kappa shape index (κ3) is 4.34. The lowest BCUT2D eigenvalue weighted by atomic mass is 10.1. The predicted octanol–water partition coefficient (Wildman–Crippen LogP) is 2.48. The molecule has 0 fully saturated rings. The molecule has 24 heavy (non-hydrogen) atoms. The maximum absolute atomic E-state index is 12.3. The second-order valence-electron chi connectivity index (χ2n) is 4.92. The lowest BCUT2D eigenvalue weighted by Gasteiger charge is -2.12. The van der Waals surface area contributed by atoms with Crippen molar-refractivity contribution in [2.24, 2.45) is 0 Å². The van der Waals surface area contributed by atoms with E-state index in [1.54, 1.807) is 48.5 Å². The van der Waals surface area contributed by atoms with Gasteiger partial charge in [0.2, 0.25) is 5.91 Å². The average molecular weight is 323 g/mol. The number of amides is 2. The number of anilines is 1. The number of nitrogens with zero attached hydrogens (tertiary/aromatic N) is 1. The Balaban J connectivity index is 2.08. The Hall–Kier alpha value is -3.33. The number of carbonyl (C=O) groups excluding carboxylic acids is 2. The first-order valence-electron chi connectivity index (χ1n) is 7.31. The average Bonchev–Trinajstić information content (AvgIpc) is 2.61. The summed E-state index contributed by atoms with van der Waals surface area (Å²) in [5, 5.41) is 14.0. The number of ether oxygens (including phenoxy) is 1. The molecule has 0 atom stereocenters. The van der Waals surface area contributed by atoms with Gasteiger partial charge in [-0.15, -0.1) is 0 Å². The summed E-state index contributed by atoms with van der Waals surface area (Å²) in [4.78, 5) is 23.9. The van der Waals surface area contributed by atoms with Crippen LogP contribution in [0.4, 0.5) is 5.69 Å². The zero-order valence-electron chi connectivity index (χ0n) is 13.2. The summed E-state index contributed by atoms with van der Waals surface area (Å²) in [5.74, 6) is -0.169. The molecule has 2 aromatic carbocycles. The largest absolute Gasteiger partial charge is 0.496 e. The van der Waals surface area contributed by atoms with Crippen LogP contribution in [0, 0.1) is 11.3 Å². The minimum Gasteiger partial charge on any atom is -0.496 e. The Labute approximate surface area is 140 Å². The predicted molar refractivity (Wildman–Crippen MR) is 89.5 cm³/mol. The van der Waals surface area contributed by atoms with Crippen molar-refractivity contribution >= 4 is 17.5 Å². The highest BCUT2D eigenvalue weighted by molar-refractivity contribution is 5.97. The monoisotopic (exact) mass is 323 g/mol.